The van der Waals surface area contributed by atoms with Crippen molar-refractivity contribution in [3.8, 4) is 0 Å². The summed E-state index contributed by atoms with van der Waals surface area (Å²) in [5, 5.41) is 0. The molecule has 1 aliphatic heterocycles. The van der Waals surface area contributed by atoms with Crippen molar-refractivity contribution in [2.24, 2.45) is 0 Å². The van der Waals surface area contributed by atoms with E-state index in [1.807, 2.05) is 4.90 Å². The quantitative estimate of drug-likeness (QED) is 0.732. The van der Waals surface area contributed by atoms with Gasteiger partial charge in [-0.3, -0.25) is 4.79 Å². The van der Waals surface area contributed by atoms with Crippen molar-refractivity contribution >= 4 is 17.0 Å². The van der Waals surface area contributed by atoms with Gasteiger partial charge in [-0.05, 0) is 18.6 Å². The van der Waals surface area contributed by atoms with E-state index in [9.17, 15) is 4.79 Å². The Labute approximate surface area is 85.8 Å². The van der Waals surface area contributed by atoms with Gasteiger partial charge >= 0.3 is 0 Å². The van der Waals surface area contributed by atoms with Crippen LogP contribution in [0.25, 0.3) is 11.2 Å². The van der Waals surface area contributed by atoms with Gasteiger partial charge in [-0.2, -0.15) is 0 Å². The topological polar surface area (TPSA) is 61.9 Å². The minimum Gasteiger partial charge on any atom is -0.352 e. The summed E-state index contributed by atoms with van der Waals surface area (Å²) in [4.78, 5) is 24.8. The molecule has 0 amide bonds. The highest BCUT2D eigenvalue weighted by Crippen LogP contribution is 2.14. The Morgan fingerprint density at radius 2 is 2.27 bits per heavy atom. The van der Waals surface area contributed by atoms with Gasteiger partial charge in [0.25, 0.3) is 5.56 Å². The predicted molar refractivity (Wildman–Crippen MR) is 57.0 cm³/mol. The van der Waals surface area contributed by atoms with Gasteiger partial charge in [0.2, 0.25) is 0 Å². The molecule has 2 aromatic rings. The standard InChI is InChI=1S/C10H10N4O/c15-10-9(14-5-2-6-14)13-8-7(12-10)3-1-4-11-8/h1,3-4H,2,5-6H2,(H,12,15). The van der Waals surface area contributed by atoms with Crippen LogP contribution in [-0.2, 0) is 0 Å². The maximum Gasteiger partial charge on any atom is 0.291 e. The molecule has 0 atom stereocenters. The summed E-state index contributed by atoms with van der Waals surface area (Å²) in [5.74, 6) is 0.493. The minimum atomic E-state index is -0.129. The molecule has 0 bridgehead atoms. The van der Waals surface area contributed by atoms with Crippen LogP contribution in [-0.4, -0.2) is 28.0 Å². The highest BCUT2D eigenvalue weighted by atomic mass is 16.1. The van der Waals surface area contributed by atoms with E-state index in [0.29, 0.717) is 17.0 Å². The molecule has 0 spiro atoms. The maximum absolute atomic E-state index is 11.7. The van der Waals surface area contributed by atoms with Crippen LogP contribution in [0.1, 0.15) is 6.42 Å². The average molecular weight is 202 g/mol. The highest BCUT2D eigenvalue weighted by Gasteiger charge is 2.19. The van der Waals surface area contributed by atoms with Gasteiger partial charge in [0.05, 0.1) is 5.52 Å². The van der Waals surface area contributed by atoms with Crippen molar-refractivity contribution in [1.29, 1.82) is 0 Å². The fourth-order valence-corrected chi connectivity index (χ4v) is 1.66. The number of hydrogen-bond donors (Lipinski definition) is 1. The first-order valence-electron chi connectivity index (χ1n) is 4.94. The van der Waals surface area contributed by atoms with Crippen LogP contribution in [0.15, 0.2) is 23.1 Å². The fraction of sp³-hybridized carbons (Fsp3) is 0.300. The molecule has 3 rings (SSSR count). The zero-order valence-electron chi connectivity index (χ0n) is 8.10. The number of rotatable bonds is 1. The number of pyridine rings is 1. The van der Waals surface area contributed by atoms with E-state index < -0.39 is 0 Å². The number of nitrogens with one attached hydrogen (secondary N) is 1. The Balaban J connectivity index is 2.22. The van der Waals surface area contributed by atoms with Gasteiger partial charge in [-0.25, -0.2) is 9.97 Å². The lowest BCUT2D eigenvalue weighted by molar-refractivity contribution is 0.607. The predicted octanol–water partition coefficient (Wildman–Crippen LogP) is 0.528. The molecular formula is C10H10N4O. The van der Waals surface area contributed by atoms with Crippen LogP contribution < -0.4 is 10.5 Å². The van der Waals surface area contributed by atoms with Crippen molar-refractivity contribution < 1.29 is 0 Å². The van der Waals surface area contributed by atoms with Gasteiger partial charge < -0.3 is 9.88 Å². The van der Waals surface area contributed by atoms with Crippen LogP contribution >= 0.6 is 0 Å². The Kier molecular flexibility index (Phi) is 1.71. The summed E-state index contributed by atoms with van der Waals surface area (Å²) < 4.78 is 0. The number of anilines is 1. The van der Waals surface area contributed by atoms with Crippen LogP contribution in [0.3, 0.4) is 0 Å². The second-order valence-electron chi connectivity index (χ2n) is 3.60. The third-order valence-electron chi connectivity index (χ3n) is 2.61. The van der Waals surface area contributed by atoms with E-state index in [2.05, 4.69) is 15.0 Å². The van der Waals surface area contributed by atoms with Gasteiger partial charge in [-0.1, -0.05) is 0 Å². The molecule has 76 valence electrons. The fourth-order valence-electron chi connectivity index (χ4n) is 1.66. The Hall–Kier alpha value is -1.91. The molecule has 5 nitrogen and oxygen atoms in total. The molecule has 0 saturated carbocycles. The van der Waals surface area contributed by atoms with Crippen molar-refractivity contribution in [2.45, 2.75) is 6.42 Å². The first-order valence-corrected chi connectivity index (χ1v) is 4.94. The molecule has 1 fully saturated rings. The van der Waals surface area contributed by atoms with E-state index in [1.54, 1.807) is 18.3 Å². The largest absolute Gasteiger partial charge is 0.352 e. The van der Waals surface area contributed by atoms with Crippen LogP contribution in [0.4, 0.5) is 5.82 Å². The second kappa shape index (κ2) is 3.05. The van der Waals surface area contributed by atoms with Gasteiger partial charge in [-0.15, -0.1) is 0 Å². The van der Waals surface area contributed by atoms with E-state index in [4.69, 9.17) is 0 Å². The average Bonchev–Trinajstić information content (AvgIpc) is 2.16. The maximum atomic E-state index is 11.7. The number of hydrogen-bond acceptors (Lipinski definition) is 4. The zero-order chi connectivity index (χ0) is 10.3. The van der Waals surface area contributed by atoms with Crippen LogP contribution in [0.2, 0.25) is 0 Å². The Morgan fingerprint density at radius 1 is 1.40 bits per heavy atom. The van der Waals surface area contributed by atoms with E-state index in [1.165, 1.54) is 0 Å². The second-order valence-corrected chi connectivity index (χ2v) is 3.60. The van der Waals surface area contributed by atoms with Gasteiger partial charge in [0.15, 0.2) is 11.5 Å². The lowest BCUT2D eigenvalue weighted by Gasteiger charge is -2.30. The number of nitrogens with zero attached hydrogens (tertiary/aromatic N) is 3. The van der Waals surface area contributed by atoms with E-state index in [0.717, 1.165) is 19.5 Å². The van der Waals surface area contributed by atoms with Crippen LogP contribution in [0, 0.1) is 0 Å². The molecule has 0 aliphatic carbocycles. The normalized spacial score (nSPS) is 15.3. The Morgan fingerprint density at radius 3 is 3.00 bits per heavy atom. The molecule has 0 aromatic carbocycles. The lowest BCUT2D eigenvalue weighted by Crippen LogP contribution is -2.41. The molecule has 3 heterocycles. The molecule has 2 aromatic heterocycles. The van der Waals surface area contributed by atoms with Gasteiger partial charge in [0.1, 0.15) is 0 Å². The summed E-state index contributed by atoms with van der Waals surface area (Å²) in [6.45, 7) is 1.82. The van der Waals surface area contributed by atoms with Gasteiger partial charge in [0, 0.05) is 19.3 Å². The summed E-state index contributed by atoms with van der Waals surface area (Å²) in [6, 6.07) is 3.58. The SMILES string of the molecule is O=c1[nH]c2cccnc2nc1N1CCC1. The van der Waals surface area contributed by atoms with E-state index >= 15 is 0 Å². The van der Waals surface area contributed by atoms with Crippen molar-refractivity contribution in [3.05, 3.63) is 28.7 Å². The van der Waals surface area contributed by atoms with E-state index in [-0.39, 0.29) is 5.56 Å². The van der Waals surface area contributed by atoms with Crippen molar-refractivity contribution in [2.75, 3.05) is 18.0 Å². The molecule has 15 heavy (non-hydrogen) atoms. The monoisotopic (exact) mass is 202 g/mol. The summed E-state index contributed by atoms with van der Waals surface area (Å²) in [6.07, 6.45) is 2.80. The number of fused-ring (bicyclic) bond motifs is 1. The first-order chi connectivity index (χ1) is 7.34. The third kappa shape index (κ3) is 1.27. The molecule has 1 N–H and O–H groups in total. The smallest absolute Gasteiger partial charge is 0.291 e. The first kappa shape index (κ1) is 8.40. The molecule has 5 heteroatoms. The molecular weight excluding hydrogens is 192 g/mol. The molecule has 0 radical (unpaired) electrons. The van der Waals surface area contributed by atoms with Crippen molar-refractivity contribution in [3.63, 3.8) is 0 Å². The molecule has 0 unspecified atom stereocenters. The van der Waals surface area contributed by atoms with Crippen molar-refractivity contribution in [1.82, 2.24) is 15.0 Å². The molecule has 1 aliphatic rings. The summed E-state index contributed by atoms with van der Waals surface area (Å²) in [5.41, 5.74) is 1.15. The highest BCUT2D eigenvalue weighted by molar-refractivity contribution is 5.70. The number of aromatic nitrogens is 3. The summed E-state index contributed by atoms with van der Waals surface area (Å²) >= 11 is 0. The number of aromatic amines is 1. The minimum absolute atomic E-state index is 0.129. The summed E-state index contributed by atoms with van der Waals surface area (Å²) in [7, 11) is 0. The lowest BCUT2D eigenvalue weighted by atomic mass is 10.2. The third-order valence-corrected chi connectivity index (χ3v) is 2.61. The number of H-pyrrole nitrogens is 1. The zero-order valence-corrected chi connectivity index (χ0v) is 8.10. The Bertz CT molecular complexity index is 559. The molecule has 1 saturated heterocycles. The van der Waals surface area contributed by atoms with Crippen LogP contribution in [0.5, 0.6) is 0 Å².